The van der Waals surface area contributed by atoms with Crippen molar-refractivity contribution >= 4 is 5.91 Å². The Morgan fingerprint density at radius 3 is 2.44 bits per heavy atom. The smallest absolute Gasteiger partial charge is 0.387 e. The summed E-state index contributed by atoms with van der Waals surface area (Å²) in [4.78, 5) is 14.3. The standard InChI is InChI=1S/C19H19F2NO3/c20-19(21)25-17-3-1-2-15(12-17)18(24)22-10-8-14(9-11-22)13-4-6-16(23)7-5-13/h1-7,12,14,19,23H,8-11H2. The Kier molecular flexibility index (Phi) is 5.16. The highest BCUT2D eigenvalue weighted by molar-refractivity contribution is 5.94. The summed E-state index contributed by atoms with van der Waals surface area (Å²) in [5.74, 6) is 0.393. The summed E-state index contributed by atoms with van der Waals surface area (Å²) in [5.41, 5.74) is 1.50. The molecule has 1 aliphatic heterocycles. The number of hydrogen-bond acceptors (Lipinski definition) is 3. The molecule has 4 nitrogen and oxygen atoms in total. The van der Waals surface area contributed by atoms with Gasteiger partial charge in [0, 0.05) is 18.7 Å². The summed E-state index contributed by atoms with van der Waals surface area (Å²) >= 11 is 0. The van der Waals surface area contributed by atoms with Gasteiger partial charge in [0.15, 0.2) is 0 Å². The van der Waals surface area contributed by atoms with Crippen molar-refractivity contribution in [1.82, 2.24) is 4.90 Å². The number of piperidine rings is 1. The minimum absolute atomic E-state index is 0.0140. The molecule has 2 aromatic rings. The van der Waals surface area contributed by atoms with Crippen LogP contribution in [0.5, 0.6) is 11.5 Å². The first kappa shape index (κ1) is 17.2. The fourth-order valence-electron chi connectivity index (χ4n) is 3.15. The van der Waals surface area contributed by atoms with Crippen molar-refractivity contribution in [1.29, 1.82) is 0 Å². The Bertz CT molecular complexity index is 726. The Hall–Kier alpha value is -2.63. The van der Waals surface area contributed by atoms with E-state index in [1.54, 1.807) is 23.1 Å². The molecule has 6 heteroatoms. The Labute approximate surface area is 144 Å². The number of carbonyl (C=O) groups excluding carboxylic acids is 1. The van der Waals surface area contributed by atoms with Crippen molar-refractivity contribution in [2.24, 2.45) is 0 Å². The third kappa shape index (κ3) is 4.26. The molecule has 0 spiro atoms. The normalized spacial score (nSPS) is 15.4. The number of aromatic hydroxyl groups is 1. The summed E-state index contributed by atoms with van der Waals surface area (Å²) in [6.07, 6.45) is 1.65. The SMILES string of the molecule is O=C(c1cccc(OC(F)F)c1)N1CCC(c2ccc(O)cc2)CC1. The number of ether oxygens (including phenoxy) is 1. The van der Waals surface area contributed by atoms with E-state index in [0.717, 1.165) is 18.4 Å². The van der Waals surface area contributed by atoms with Gasteiger partial charge >= 0.3 is 6.61 Å². The lowest BCUT2D eigenvalue weighted by atomic mass is 9.89. The summed E-state index contributed by atoms with van der Waals surface area (Å²) in [6, 6.07) is 13.0. The Morgan fingerprint density at radius 2 is 1.80 bits per heavy atom. The van der Waals surface area contributed by atoms with Crippen LogP contribution in [-0.4, -0.2) is 35.6 Å². The average Bonchev–Trinajstić information content (AvgIpc) is 2.62. The van der Waals surface area contributed by atoms with E-state index in [1.165, 1.54) is 18.2 Å². The van der Waals surface area contributed by atoms with Gasteiger partial charge in [-0.3, -0.25) is 4.79 Å². The zero-order chi connectivity index (χ0) is 17.8. The first-order valence-electron chi connectivity index (χ1n) is 8.16. The number of halogens is 2. The molecule has 0 aromatic heterocycles. The molecule has 132 valence electrons. The van der Waals surface area contributed by atoms with Crippen molar-refractivity contribution in [3.8, 4) is 11.5 Å². The van der Waals surface area contributed by atoms with Crippen LogP contribution in [0.25, 0.3) is 0 Å². The van der Waals surface area contributed by atoms with E-state index < -0.39 is 6.61 Å². The molecule has 1 fully saturated rings. The van der Waals surface area contributed by atoms with Crippen molar-refractivity contribution in [2.75, 3.05) is 13.1 Å². The molecule has 0 saturated carbocycles. The van der Waals surface area contributed by atoms with E-state index in [4.69, 9.17) is 0 Å². The molecule has 1 N–H and O–H groups in total. The van der Waals surface area contributed by atoms with Gasteiger partial charge in [-0.25, -0.2) is 0 Å². The maximum atomic E-state index is 12.6. The number of phenolic OH excluding ortho intramolecular Hbond substituents is 1. The maximum absolute atomic E-state index is 12.6. The Morgan fingerprint density at radius 1 is 1.12 bits per heavy atom. The number of hydrogen-bond donors (Lipinski definition) is 1. The van der Waals surface area contributed by atoms with Crippen LogP contribution in [0.4, 0.5) is 8.78 Å². The highest BCUT2D eigenvalue weighted by atomic mass is 19.3. The van der Waals surface area contributed by atoms with Crippen LogP contribution < -0.4 is 4.74 Å². The third-order valence-electron chi connectivity index (χ3n) is 4.45. The van der Waals surface area contributed by atoms with Gasteiger partial charge in [-0.1, -0.05) is 18.2 Å². The predicted molar refractivity (Wildman–Crippen MR) is 89.1 cm³/mol. The van der Waals surface area contributed by atoms with Crippen molar-refractivity contribution in [2.45, 2.75) is 25.4 Å². The second kappa shape index (κ2) is 7.51. The van der Waals surface area contributed by atoms with Crippen LogP contribution in [0.15, 0.2) is 48.5 Å². The number of rotatable bonds is 4. The molecule has 0 aliphatic carbocycles. The van der Waals surface area contributed by atoms with Gasteiger partial charge in [-0.2, -0.15) is 8.78 Å². The van der Waals surface area contributed by atoms with E-state index in [0.29, 0.717) is 24.6 Å². The molecule has 0 radical (unpaired) electrons. The summed E-state index contributed by atoms with van der Waals surface area (Å²) in [6.45, 7) is -1.71. The van der Waals surface area contributed by atoms with E-state index in [-0.39, 0.29) is 17.4 Å². The first-order valence-corrected chi connectivity index (χ1v) is 8.16. The minimum atomic E-state index is -2.91. The molecule has 1 heterocycles. The van der Waals surface area contributed by atoms with Gasteiger partial charge in [0.1, 0.15) is 11.5 Å². The van der Waals surface area contributed by atoms with Crippen LogP contribution >= 0.6 is 0 Å². The molecule has 1 amide bonds. The van der Waals surface area contributed by atoms with Crippen LogP contribution in [0, 0.1) is 0 Å². The van der Waals surface area contributed by atoms with Crippen molar-refractivity contribution < 1.29 is 23.4 Å². The molecule has 0 bridgehead atoms. The van der Waals surface area contributed by atoms with Crippen LogP contribution in [-0.2, 0) is 0 Å². The largest absolute Gasteiger partial charge is 0.508 e. The molecule has 3 rings (SSSR count). The molecule has 1 aliphatic rings. The van der Waals surface area contributed by atoms with Crippen LogP contribution in [0.2, 0.25) is 0 Å². The van der Waals surface area contributed by atoms with E-state index >= 15 is 0 Å². The number of amides is 1. The van der Waals surface area contributed by atoms with Crippen LogP contribution in [0.3, 0.4) is 0 Å². The number of benzene rings is 2. The highest BCUT2D eigenvalue weighted by Gasteiger charge is 2.25. The molecule has 1 saturated heterocycles. The highest BCUT2D eigenvalue weighted by Crippen LogP contribution is 2.30. The number of phenols is 1. The molecular formula is C19H19F2NO3. The lowest BCUT2D eigenvalue weighted by Gasteiger charge is -2.32. The van der Waals surface area contributed by atoms with Gasteiger partial charge < -0.3 is 14.7 Å². The second-order valence-electron chi connectivity index (χ2n) is 6.06. The van der Waals surface area contributed by atoms with Crippen LogP contribution in [0.1, 0.15) is 34.7 Å². The molecule has 2 aromatic carbocycles. The zero-order valence-corrected chi connectivity index (χ0v) is 13.6. The zero-order valence-electron chi connectivity index (χ0n) is 13.6. The quantitative estimate of drug-likeness (QED) is 0.909. The predicted octanol–water partition coefficient (Wildman–Crippen LogP) is 4.01. The minimum Gasteiger partial charge on any atom is -0.508 e. The molecule has 25 heavy (non-hydrogen) atoms. The number of alkyl halides is 2. The molecule has 0 unspecified atom stereocenters. The average molecular weight is 347 g/mol. The van der Waals surface area contributed by atoms with Gasteiger partial charge in [-0.05, 0) is 54.7 Å². The topological polar surface area (TPSA) is 49.8 Å². The van der Waals surface area contributed by atoms with Gasteiger partial charge in [-0.15, -0.1) is 0 Å². The fourth-order valence-corrected chi connectivity index (χ4v) is 3.15. The summed E-state index contributed by atoms with van der Waals surface area (Å²) < 4.78 is 29.0. The first-order chi connectivity index (χ1) is 12.0. The lowest BCUT2D eigenvalue weighted by molar-refractivity contribution is -0.0499. The van der Waals surface area contributed by atoms with Crippen molar-refractivity contribution in [3.05, 3.63) is 59.7 Å². The number of nitrogens with zero attached hydrogens (tertiary/aromatic N) is 1. The monoisotopic (exact) mass is 347 g/mol. The summed E-state index contributed by atoms with van der Waals surface area (Å²) in [7, 11) is 0. The maximum Gasteiger partial charge on any atom is 0.387 e. The fraction of sp³-hybridized carbons (Fsp3) is 0.316. The molecule has 0 atom stereocenters. The Balaban J connectivity index is 1.62. The van der Waals surface area contributed by atoms with Crippen molar-refractivity contribution in [3.63, 3.8) is 0 Å². The van der Waals surface area contributed by atoms with Gasteiger partial charge in [0.25, 0.3) is 5.91 Å². The van der Waals surface area contributed by atoms with Gasteiger partial charge in [0.2, 0.25) is 0 Å². The number of carbonyl (C=O) groups is 1. The molecular weight excluding hydrogens is 328 g/mol. The lowest BCUT2D eigenvalue weighted by Crippen LogP contribution is -2.37. The summed E-state index contributed by atoms with van der Waals surface area (Å²) in [5, 5.41) is 9.36. The van der Waals surface area contributed by atoms with Gasteiger partial charge in [0.05, 0.1) is 0 Å². The number of likely N-dealkylation sites (tertiary alicyclic amines) is 1. The second-order valence-corrected chi connectivity index (χ2v) is 6.06. The van der Waals surface area contributed by atoms with E-state index in [9.17, 15) is 18.7 Å². The third-order valence-corrected chi connectivity index (χ3v) is 4.45. The van der Waals surface area contributed by atoms with E-state index in [1.807, 2.05) is 12.1 Å². The van der Waals surface area contributed by atoms with E-state index in [2.05, 4.69) is 4.74 Å².